The highest BCUT2D eigenvalue weighted by Gasteiger charge is 2.48. The monoisotopic (exact) mass is 456 g/mol. The lowest BCUT2D eigenvalue weighted by Gasteiger charge is -2.29. The molecule has 2 amide bonds. The van der Waals surface area contributed by atoms with Crippen LogP contribution in [0.2, 0.25) is 0 Å². The summed E-state index contributed by atoms with van der Waals surface area (Å²) in [7, 11) is -1.71. The number of rotatable bonds is 10. The first kappa shape index (κ1) is 24.5. The number of oxime groups is 1. The molecule has 2 aromatic rings. The second-order valence-electron chi connectivity index (χ2n) is 8.71. The number of aromatic nitrogens is 1. The average molecular weight is 456 g/mol. The van der Waals surface area contributed by atoms with Crippen LogP contribution in [-0.2, 0) is 16.1 Å². The molecule has 4 N–H and O–H groups in total. The molecule has 0 spiro atoms. The van der Waals surface area contributed by atoms with E-state index in [0.29, 0.717) is 17.9 Å². The summed E-state index contributed by atoms with van der Waals surface area (Å²) in [4.78, 5) is 31.3. The van der Waals surface area contributed by atoms with E-state index in [1.165, 1.54) is 6.07 Å². The summed E-state index contributed by atoms with van der Waals surface area (Å²) in [5, 5.41) is 32.6. The molecule has 0 saturated carbocycles. The number of benzene rings is 1. The molecular weight excluding hydrogens is 427 g/mol. The standard InChI is InChI=1S/C22H29BN4O6/c1-14(2)9-19(23(30)31)25-21(29)22(11-16-7-5-4-6-8-16)12-17(26-33-22)13-24-20(28)18-10-15(3)32-27-18/h4-8,10,14,19,30-31H,9,11-13H2,1-3H3,(H,24,28)(H,25,29). The van der Waals surface area contributed by atoms with Gasteiger partial charge in [0.2, 0.25) is 5.60 Å². The third kappa shape index (κ3) is 6.42. The third-order valence-electron chi connectivity index (χ3n) is 5.30. The van der Waals surface area contributed by atoms with Crippen molar-refractivity contribution in [2.24, 2.45) is 11.1 Å². The van der Waals surface area contributed by atoms with Gasteiger partial charge in [-0.2, -0.15) is 0 Å². The number of hydrogen-bond donors (Lipinski definition) is 4. The van der Waals surface area contributed by atoms with Crippen LogP contribution in [-0.4, -0.2) is 57.9 Å². The van der Waals surface area contributed by atoms with E-state index in [2.05, 4.69) is 20.9 Å². The molecule has 176 valence electrons. The maximum Gasteiger partial charge on any atom is 0.475 e. The van der Waals surface area contributed by atoms with Crippen LogP contribution in [0.3, 0.4) is 0 Å². The molecule has 33 heavy (non-hydrogen) atoms. The van der Waals surface area contributed by atoms with Gasteiger partial charge in [-0.1, -0.05) is 54.5 Å². The van der Waals surface area contributed by atoms with E-state index in [4.69, 9.17) is 9.36 Å². The van der Waals surface area contributed by atoms with Crippen molar-refractivity contribution < 1.29 is 29.0 Å². The van der Waals surface area contributed by atoms with Gasteiger partial charge in [0.25, 0.3) is 11.8 Å². The lowest BCUT2D eigenvalue weighted by Crippen LogP contribution is -2.56. The molecule has 1 aliphatic rings. The molecule has 0 bridgehead atoms. The molecule has 2 heterocycles. The molecular formula is C22H29BN4O6. The highest BCUT2D eigenvalue weighted by atomic mass is 16.7. The van der Waals surface area contributed by atoms with Crippen LogP contribution in [0.4, 0.5) is 0 Å². The van der Waals surface area contributed by atoms with Gasteiger partial charge in [0.1, 0.15) is 5.76 Å². The fourth-order valence-corrected chi connectivity index (χ4v) is 3.67. The average Bonchev–Trinajstić information content (AvgIpc) is 3.39. The van der Waals surface area contributed by atoms with E-state index in [-0.39, 0.29) is 31.0 Å². The summed E-state index contributed by atoms with van der Waals surface area (Å²) < 4.78 is 4.91. The minimum Gasteiger partial charge on any atom is -0.426 e. The van der Waals surface area contributed by atoms with Crippen molar-refractivity contribution in [3.05, 3.63) is 53.4 Å². The first-order valence-electron chi connectivity index (χ1n) is 10.8. The molecule has 0 aliphatic carbocycles. The molecule has 1 aromatic heterocycles. The quantitative estimate of drug-likeness (QED) is 0.391. The van der Waals surface area contributed by atoms with Crippen LogP contribution in [0.25, 0.3) is 0 Å². The van der Waals surface area contributed by atoms with Crippen molar-refractivity contribution in [1.29, 1.82) is 0 Å². The lowest BCUT2D eigenvalue weighted by molar-refractivity contribution is -0.144. The van der Waals surface area contributed by atoms with Crippen LogP contribution < -0.4 is 10.6 Å². The van der Waals surface area contributed by atoms with E-state index < -0.39 is 30.5 Å². The van der Waals surface area contributed by atoms with Crippen molar-refractivity contribution >= 4 is 24.6 Å². The Morgan fingerprint density at radius 1 is 1.24 bits per heavy atom. The Balaban J connectivity index is 1.72. The molecule has 2 unspecified atom stereocenters. The summed E-state index contributed by atoms with van der Waals surface area (Å²) in [5.74, 6) is -1.13. The molecule has 2 atom stereocenters. The second kappa shape index (κ2) is 10.6. The number of nitrogens with one attached hydrogen (secondary N) is 2. The molecule has 1 aliphatic heterocycles. The summed E-state index contributed by atoms with van der Waals surface area (Å²) in [6.07, 6.45) is 0.729. The first-order chi connectivity index (χ1) is 15.7. The van der Waals surface area contributed by atoms with Crippen LogP contribution >= 0.6 is 0 Å². The summed E-state index contributed by atoms with van der Waals surface area (Å²) >= 11 is 0. The fourth-order valence-electron chi connectivity index (χ4n) is 3.67. The van der Waals surface area contributed by atoms with Crippen molar-refractivity contribution in [1.82, 2.24) is 15.8 Å². The van der Waals surface area contributed by atoms with E-state index in [1.807, 2.05) is 44.2 Å². The molecule has 0 radical (unpaired) electrons. The number of nitrogens with zero attached hydrogens (tertiary/aromatic N) is 2. The Hall–Kier alpha value is -3.18. The normalized spacial score (nSPS) is 18.4. The van der Waals surface area contributed by atoms with Gasteiger partial charge in [-0.15, -0.1) is 0 Å². The van der Waals surface area contributed by atoms with Gasteiger partial charge in [-0.05, 0) is 24.8 Å². The molecule has 3 rings (SSSR count). The Labute approximate surface area is 192 Å². The second-order valence-corrected chi connectivity index (χ2v) is 8.71. The van der Waals surface area contributed by atoms with Gasteiger partial charge >= 0.3 is 7.12 Å². The Morgan fingerprint density at radius 3 is 2.58 bits per heavy atom. The van der Waals surface area contributed by atoms with Gasteiger partial charge in [-0.25, -0.2) is 0 Å². The molecule has 0 fully saturated rings. The number of carbonyl (C=O) groups excluding carboxylic acids is 2. The number of aryl methyl sites for hydroxylation is 1. The minimum absolute atomic E-state index is 0.0621. The number of carbonyl (C=O) groups is 2. The van der Waals surface area contributed by atoms with Crippen molar-refractivity contribution in [2.45, 2.75) is 51.6 Å². The number of hydrogen-bond acceptors (Lipinski definition) is 8. The van der Waals surface area contributed by atoms with Crippen molar-refractivity contribution in [3.8, 4) is 0 Å². The molecule has 11 heteroatoms. The Bertz CT molecular complexity index is 994. The lowest BCUT2D eigenvalue weighted by atomic mass is 9.74. The topological polar surface area (TPSA) is 146 Å². The van der Waals surface area contributed by atoms with Crippen LogP contribution in [0, 0.1) is 12.8 Å². The fraction of sp³-hybridized carbons (Fsp3) is 0.455. The molecule has 0 saturated heterocycles. The van der Waals surface area contributed by atoms with Gasteiger partial charge in [0.15, 0.2) is 5.69 Å². The maximum absolute atomic E-state index is 13.3. The zero-order chi connectivity index (χ0) is 24.0. The summed E-state index contributed by atoms with van der Waals surface area (Å²) in [6.45, 7) is 5.60. The molecule has 1 aromatic carbocycles. The third-order valence-corrected chi connectivity index (χ3v) is 5.30. The summed E-state index contributed by atoms with van der Waals surface area (Å²) in [5.41, 5.74) is 0.0975. The van der Waals surface area contributed by atoms with Crippen LogP contribution in [0.1, 0.15) is 48.5 Å². The highest BCUT2D eigenvalue weighted by Crippen LogP contribution is 2.29. The van der Waals surface area contributed by atoms with E-state index in [9.17, 15) is 19.6 Å². The van der Waals surface area contributed by atoms with E-state index >= 15 is 0 Å². The predicted octanol–water partition coefficient (Wildman–Crippen LogP) is 1.01. The largest absolute Gasteiger partial charge is 0.475 e. The minimum atomic E-state index is -1.71. The van der Waals surface area contributed by atoms with Gasteiger partial charge < -0.3 is 30.0 Å². The van der Waals surface area contributed by atoms with Crippen molar-refractivity contribution in [2.75, 3.05) is 6.54 Å². The van der Waals surface area contributed by atoms with Gasteiger partial charge in [0, 0.05) is 18.9 Å². The Morgan fingerprint density at radius 2 is 1.97 bits per heavy atom. The Kier molecular flexibility index (Phi) is 7.88. The van der Waals surface area contributed by atoms with Crippen molar-refractivity contribution in [3.63, 3.8) is 0 Å². The highest BCUT2D eigenvalue weighted by molar-refractivity contribution is 6.43. The van der Waals surface area contributed by atoms with E-state index in [1.54, 1.807) is 6.92 Å². The maximum atomic E-state index is 13.3. The van der Waals surface area contributed by atoms with Gasteiger partial charge in [-0.3, -0.25) is 9.59 Å². The first-order valence-corrected chi connectivity index (χ1v) is 10.8. The van der Waals surface area contributed by atoms with Gasteiger partial charge in [0.05, 0.1) is 18.2 Å². The SMILES string of the molecule is Cc1cc(C(=O)NCC2=NOC(Cc3ccccc3)(C(=O)NC(CC(C)C)B(O)O)C2)no1. The molecule has 10 nitrogen and oxygen atoms in total. The van der Waals surface area contributed by atoms with Crippen LogP contribution in [0.15, 0.2) is 46.1 Å². The smallest absolute Gasteiger partial charge is 0.426 e. The number of amides is 2. The van der Waals surface area contributed by atoms with E-state index in [0.717, 1.165) is 5.56 Å². The zero-order valence-electron chi connectivity index (χ0n) is 18.9. The van der Waals surface area contributed by atoms with Crippen LogP contribution in [0.5, 0.6) is 0 Å². The predicted molar refractivity (Wildman–Crippen MR) is 121 cm³/mol. The zero-order valence-corrected chi connectivity index (χ0v) is 18.9. The summed E-state index contributed by atoms with van der Waals surface area (Å²) in [6, 6.07) is 10.9.